The van der Waals surface area contributed by atoms with Gasteiger partial charge in [0.1, 0.15) is 6.04 Å². The first-order valence-electron chi connectivity index (χ1n) is 4.66. The SMILES string of the molecule is N#Cc1cccc(C(C#N)NCC(F)(F)F)c1. The highest BCUT2D eigenvalue weighted by Crippen LogP contribution is 2.17. The molecule has 0 aliphatic rings. The van der Waals surface area contributed by atoms with E-state index < -0.39 is 18.8 Å². The quantitative estimate of drug-likeness (QED) is 0.880. The van der Waals surface area contributed by atoms with E-state index in [9.17, 15) is 13.2 Å². The van der Waals surface area contributed by atoms with Gasteiger partial charge < -0.3 is 0 Å². The zero-order valence-electron chi connectivity index (χ0n) is 8.62. The molecule has 1 atom stereocenters. The fourth-order valence-corrected chi connectivity index (χ4v) is 1.24. The second kappa shape index (κ2) is 5.33. The number of halogens is 3. The van der Waals surface area contributed by atoms with E-state index in [2.05, 4.69) is 5.32 Å². The van der Waals surface area contributed by atoms with Crippen LogP contribution in [0.5, 0.6) is 0 Å². The van der Waals surface area contributed by atoms with Gasteiger partial charge in [0.15, 0.2) is 0 Å². The van der Waals surface area contributed by atoms with Crippen LogP contribution in [0, 0.1) is 22.7 Å². The Bertz CT molecular complexity index is 468. The van der Waals surface area contributed by atoms with E-state index in [0.29, 0.717) is 11.1 Å². The Morgan fingerprint density at radius 2 is 2.00 bits per heavy atom. The molecule has 0 amide bonds. The predicted molar refractivity (Wildman–Crippen MR) is 53.6 cm³/mol. The maximum Gasteiger partial charge on any atom is 0.401 e. The number of nitrogens with one attached hydrogen (secondary N) is 1. The van der Waals surface area contributed by atoms with Crippen molar-refractivity contribution >= 4 is 0 Å². The van der Waals surface area contributed by atoms with Gasteiger partial charge >= 0.3 is 6.18 Å². The second-order valence-electron chi connectivity index (χ2n) is 3.30. The standard InChI is InChI=1S/C11H8F3N3/c12-11(13,14)7-17-10(6-16)9-3-1-2-8(4-9)5-15/h1-4,10,17H,7H2. The lowest BCUT2D eigenvalue weighted by molar-refractivity contribution is -0.125. The normalized spacial score (nSPS) is 12.5. The van der Waals surface area contributed by atoms with Gasteiger partial charge in [-0.2, -0.15) is 23.7 Å². The van der Waals surface area contributed by atoms with Crippen molar-refractivity contribution in [1.82, 2.24) is 5.32 Å². The van der Waals surface area contributed by atoms with Crippen molar-refractivity contribution in [2.75, 3.05) is 6.54 Å². The van der Waals surface area contributed by atoms with Gasteiger partial charge in [-0.05, 0) is 17.7 Å². The average molecular weight is 239 g/mol. The minimum Gasteiger partial charge on any atom is -0.290 e. The van der Waals surface area contributed by atoms with Crippen LogP contribution in [0.25, 0.3) is 0 Å². The number of rotatable bonds is 3. The molecule has 0 aromatic heterocycles. The number of hydrogen-bond donors (Lipinski definition) is 1. The smallest absolute Gasteiger partial charge is 0.290 e. The molecule has 88 valence electrons. The summed E-state index contributed by atoms with van der Waals surface area (Å²) in [5.74, 6) is 0. The molecule has 1 unspecified atom stereocenters. The van der Waals surface area contributed by atoms with Crippen LogP contribution in [0.1, 0.15) is 17.2 Å². The Morgan fingerprint density at radius 3 is 2.53 bits per heavy atom. The van der Waals surface area contributed by atoms with Crippen LogP contribution in [-0.2, 0) is 0 Å². The summed E-state index contributed by atoms with van der Waals surface area (Å²) < 4.78 is 36.0. The van der Waals surface area contributed by atoms with E-state index in [1.807, 2.05) is 6.07 Å². The summed E-state index contributed by atoms with van der Waals surface area (Å²) in [6.45, 7) is -1.25. The Hall–Kier alpha value is -2.05. The van der Waals surface area contributed by atoms with E-state index in [4.69, 9.17) is 10.5 Å². The Labute approximate surface area is 96.1 Å². The molecule has 0 aliphatic heterocycles. The first-order valence-corrected chi connectivity index (χ1v) is 4.66. The third-order valence-corrected chi connectivity index (χ3v) is 1.98. The second-order valence-corrected chi connectivity index (χ2v) is 3.30. The molecule has 0 spiro atoms. The topological polar surface area (TPSA) is 59.6 Å². The summed E-state index contributed by atoms with van der Waals surface area (Å²) in [7, 11) is 0. The Balaban J connectivity index is 2.81. The summed E-state index contributed by atoms with van der Waals surface area (Å²) in [5, 5.41) is 19.5. The predicted octanol–water partition coefficient (Wildman–Crippen LogP) is 2.27. The van der Waals surface area contributed by atoms with Crippen molar-refractivity contribution < 1.29 is 13.2 Å². The zero-order chi connectivity index (χ0) is 12.9. The van der Waals surface area contributed by atoms with Gasteiger partial charge in [-0.25, -0.2) is 0 Å². The number of hydrogen-bond acceptors (Lipinski definition) is 3. The fourth-order valence-electron chi connectivity index (χ4n) is 1.24. The summed E-state index contributed by atoms with van der Waals surface area (Å²) in [6.07, 6.45) is -4.37. The summed E-state index contributed by atoms with van der Waals surface area (Å²) >= 11 is 0. The molecule has 0 heterocycles. The monoisotopic (exact) mass is 239 g/mol. The third-order valence-electron chi connectivity index (χ3n) is 1.98. The number of alkyl halides is 3. The fraction of sp³-hybridized carbons (Fsp3) is 0.273. The van der Waals surface area contributed by atoms with Crippen LogP contribution in [0.3, 0.4) is 0 Å². The zero-order valence-corrected chi connectivity index (χ0v) is 8.62. The van der Waals surface area contributed by atoms with Gasteiger partial charge in [-0.1, -0.05) is 12.1 Å². The van der Waals surface area contributed by atoms with Crippen molar-refractivity contribution in [3.8, 4) is 12.1 Å². The number of nitrogens with zero attached hydrogens (tertiary/aromatic N) is 2. The van der Waals surface area contributed by atoms with Gasteiger partial charge in [-0.3, -0.25) is 5.32 Å². The van der Waals surface area contributed by atoms with E-state index >= 15 is 0 Å². The molecule has 6 heteroatoms. The van der Waals surface area contributed by atoms with Gasteiger partial charge in [-0.15, -0.1) is 0 Å². The first-order chi connectivity index (χ1) is 7.96. The molecule has 0 saturated carbocycles. The lowest BCUT2D eigenvalue weighted by atomic mass is 10.1. The largest absolute Gasteiger partial charge is 0.401 e. The molecule has 0 radical (unpaired) electrons. The Morgan fingerprint density at radius 1 is 1.29 bits per heavy atom. The molecule has 0 bridgehead atoms. The molecule has 1 aromatic rings. The lowest BCUT2D eigenvalue weighted by Gasteiger charge is -2.13. The minimum atomic E-state index is -4.37. The van der Waals surface area contributed by atoms with Gasteiger partial charge in [0.2, 0.25) is 0 Å². The van der Waals surface area contributed by atoms with E-state index in [-0.39, 0.29) is 0 Å². The Kier molecular flexibility index (Phi) is 4.08. The number of benzene rings is 1. The maximum absolute atomic E-state index is 12.0. The van der Waals surface area contributed by atoms with Crippen molar-refractivity contribution in [2.24, 2.45) is 0 Å². The van der Waals surface area contributed by atoms with Crippen LogP contribution < -0.4 is 5.32 Å². The van der Waals surface area contributed by atoms with Crippen molar-refractivity contribution in [2.45, 2.75) is 12.2 Å². The van der Waals surface area contributed by atoms with Crippen molar-refractivity contribution in [3.05, 3.63) is 35.4 Å². The third kappa shape index (κ3) is 4.13. The van der Waals surface area contributed by atoms with Crippen LogP contribution in [-0.4, -0.2) is 12.7 Å². The maximum atomic E-state index is 12.0. The average Bonchev–Trinajstić information content (AvgIpc) is 2.29. The van der Waals surface area contributed by atoms with Crippen LogP contribution in [0.4, 0.5) is 13.2 Å². The summed E-state index contributed by atoms with van der Waals surface area (Å²) in [5.41, 5.74) is 0.646. The molecular formula is C11H8F3N3. The highest BCUT2D eigenvalue weighted by molar-refractivity contribution is 5.35. The van der Waals surface area contributed by atoms with Crippen LogP contribution >= 0.6 is 0 Å². The van der Waals surface area contributed by atoms with Gasteiger partial charge in [0, 0.05) is 0 Å². The molecule has 3 nitrogen and oxygen atoms in total. The summed E-state index contributed by atoms with van der Waals surface area (Å²) in [4.78, 5) is 0. The molecule has 1 N–H and O–H groups in total. The molecule has 17 heavy (non-hydrogen) atoms. The van der Waals surface area contributed by atoms with E-state index in [1.54, 1.807) is 6.07 Å². The summed E-state index contributed by atoms with van der Waals surface area (Å²) in [6, 6.07) is 8.42. The van der Waals surface area contributed by atoms with Crippen LogP contribution in [0.15, 0.2) is 24.3 Å². The lowest BCUT2D eigenvalue weighted by Crippen LogP contribution is -2.31. The molecule has 1 aromatic carbocycles. The van der Waals surface area contributed by atoms with Crippen molar-refractivity contribution in [1.29, 1.82) is 10.5 Å². The molecule has 1 rings (SSSR count). The van der Waals surface area contributed by atoms with E-state index in [0.717, 1.165) is 0 Å². The highest BCUT2D eigenvalue weighted by atomic mass is 19.4. The number of nitriles is 2. The van der Waals surface area contributed by atoms with Crippen molar-refractivity contribution in [3.63, 3.8) is 0 Å². The molecule has 0 fully saturated rings. The van der Waals surface area contributed by atoms with Gasteiger partial charge in [0.05, 0.1) is 24.2 Å². The molecular weight excluding hydrogens is 231 g/mol. The van der Waals surface area contributed by atoms with Crippen LogP contribution in [0.2, 0.25) is 0 Å². The van der Waals surface area contributed by atoms with E-state index in [1.165, 1.54) is 24.3 Å². The first kappa shape index (κ1) is 13.0. The van der Waals surface area contributed by atoms with Gasteiger partial charge in [0.25, 0.3) is 0 Å². The highest BCUT2D eigenvalue weighted by Gasteiger charge is 2.28. The minimum absolute atomic E-state index is 0.302. The molecule has 0 aliphatic carbocycles. The molecule has 0 saturated heterocycles.